The number of fused-ring (bicyclic) bond motifs is 1. The lowest BCUT2D eigenvalue weighted by Crippen LogP contribution is -1.86. The highest BCUT2D eigenvalue weighted by molar-refractivity contribution is 7.80. The summed E-state index contributed by atoms with van der Waals surface area (Å²) in [4.78, 5) is 0.909. The van der Waals surface area contributed by atoms with Gasteiger partial charge in [0.2, 0.25) is 0 Å². The lowest BCUT2D eigenvalue weighted by molar-refractivity contribution is 1.52. The molecule has 1 nitrogen and oxygen atoms in total. The highest BCUT2D eigenvalue weighted by atomic mass is 32.1. The molecule has 2 N–H and O–H groups in total. The summed E-state index contributed by atoms with van der Waals surface area (Å²) in [7, 11) is 0. The molecular formula is C10H9NS. The van der Waals surface area contributed by atoms with E-state index in [9.17, 15) is 0 Å². The van der Waals surface area contributed by atoms with Crippen LogP contribution in [0.5, 0.6) is 0 Å². The molecule has 12 heavy (non-hydrogen) atoms. The Kier molecular flexibility index (Phi) is 1.70. The van der Waals surface area contributed by atoms with Gasteiger partial charge < -0.3 is 5.73 Å². The number of thiol groups is 1. The number of hydrogen-bond acceptors (Lipinski definition) is 2. The predicted octanol–water partition coefficient (Wildman–Crippen LogP) is 2.71. The molecule has 0 heterocycles. The van der Waals surface area contributed by atoms with Crippen LogP contribution in [0.4, 0.5) is 5.69 Å². The van der Waals surface area contributed by atoms with Gasteiger partial charge in [0, 0.05) is 16.0 Å². The van der Waals surface area contributed by atoms with Crippen molar-refractivity contribution < 1.29 is 0 Å². The Labute approximate surface area is 76.6 Å². The average molecular weight is 175 g/mol. The predicted molar refractivity (Wildman–Crippen MR) is 55.6 cm³/mol. The zero-order chi connectivity index (χ0) is 8.55. The van der Waals surface area contributed by atoms with E-state index in [1.807, 2.05) is 36.4 Å². The lowest BCUT2D eigenvalue weighted by atomic mass is 10.1. The second-order valence-corrected chi connectivity index (χ2v) is 3.27. The molecular weight excluding hydrogens is 166 g/mol. The van der Waals surface area contributed by atoms with Gasteiger partial charge >= 0.3 is 0 Å². The maximum Gasteiger partial charge on any atom is 0.0404 e. The van der Waals surface area contributed by atoms with Crippen molar-refractivity contribution in [1.82, 2.24) is 0 Å². The zero-order valence-corrected chi connectivity index (χ0v) is 7.38. The second-order valence-electron chi connectivity index (χ2n) is 2.76. The number of rotatable bonds is 0. The number of anilines is 1. The number of nitrogens with two attached hydrogens (primary N) is 1. The van der Waals surface area contributed by atoms with E-state index in [1.165, 1.54) is 0 Å². The molecule has 0 aliphatic rings. The van der Waals surface area contributed by atoms with Crippen molar-refractivity contribution in [3.63, 3.8) is 0 Å². The van der Waals surface area contributed by atoms with Crippen molar-refractivity contribution in [2.75, 3.05) is 5.73 Å². The molecule has 2 aromatic rings. The van der Waals surface area contributed by atoms with Gasteiger partial charge in [-0.05, 0) is 17.5 Å². The molecule has 2 aromatic carbocycles. The molecule has 0 aliphatic carbocycles. The summed E-state index contributed by atoms with van der Waals surface area (Å²) in [6.45, 7) is 0. The third kappa shape index (κ3) is 1.14. The summed E-state index contributed by atoms with van der Waals surface area (Å²) >= 11 is 4.25. The maximum absolute atomic E-state index is 5.81. The number of nitrogen functional groups attached to an aromatic ring is 1. The SMILES string of the molecule is Nc1cc(S)cc2ccccc12. The molecule has 0 amide bonds. The second kappa shape index (κ2) is 2.72. The van der Waals surface area contributed by atoms with E-state index in [4.69, 9.17) is 5.73 Å². The molecule has 0 saturated heterocycles. The Morgan fingerprint density at radius 3 is 2.67 bits per heavy atom. The van der Waals surface area contributed by atoms with E-state index in [0.29, 0.717) is 0 Å². The summed E-state index contributed by atoms with van der Waals surface area (Å²) in [6.07, 6.45) is 0. The first kappa shape index (κ1) is 7.50. The zero-order valence-electron chi connectivity index (χ0n) is 6.49. The van der Waals surface area contributed by atoms with Crippen molar-refractivity contribution in [1.29, 1.82) is 0 Å². The first-order chi connectivity index (χ1) is 5.77. The summed E-state index contributed by atoms with van der Waals surface area (Å²) in [5.41, 5.74) is 6.60. The van der Waals surface area contributed by atoms with Gasteiger partial charge in [0.1, 0.15) is 0 Å². The third-order valence-electron chi connectivity index (χ3n) is 1.88. The summed E-state index contributed by atoms with van der Waals surface area (Å²) in [5.74, 6) is 0. The fourth-order valence-electron chi connectivity index (χ4n) is 1.32. The molecule has 60 valence electrons. The third-order valence-corrected chi connectivity index (χ3v) is 2.14. The van der Waals surface area contributed by atoms with Crippen LogP contribution >= 0.6 is 12.6 Å². The molecule has 0 unspecified atom stereocenters. The lowest BCUT2D eigenvalue weighted by Gasteiger charge is -2.02. The highest BCUT2D eigenvalue weighted by Crippen LogP contribution is 2.24. The molecule has 2 rings (SSSR count). The van der Waals surface area contributed by atoms with Crippen LogP contribution in [0, 0.1) is 0 Å². The van der Waals surface area contributed by atoms with Crippen molar-refractivity contribution in [3.8, 4) is 0 Å². The normalized spacial score (nSPS) is 10.4. The first-order valence-corrected chi connectivity index (χ1v) is 4.19. The quantitative estimate of drug-likeness (QED) is 0.467. The molecule has 0 fully saturated rings. The average Bonchev–Trinajstić information content (AvgIpc) is 2.04. The molecule has 0 spiro atoms. The first-order valence-electron chi connectivity index (χ1n) is 3.74. The summed E-state index contributed by atoms with van der Waals surface area (Å²) in [5, 5.41) is 2.23. The van der Waals surface area contributed by atoms with Crippen LogP contribution < -0.4 is 5.73 Å². The molecule has 0 aromatic heterocycles. The minimum atomic E-state index is 0.790. The van der Waals surface area contributed by atoms with Crippen molar-refractivity contribution in [3.05, 3.63) is 36.4 Å². The molecule has 0 atom stereocenters. The highest BCUT2D eigenvalue weighted by Gasteiger charge is 1.97. The largest absolute Gasteiger partial charge is 0.398 e. The monoisotopic (exact) mass is 175 g/mol. The van der Waals surface area contributed by atoms with E-state index in [1.54, 1.807) is 0 Å². The fraction of sp³-hybridized carbons (Fsp3) is 0. The van der Waals surface area contributed by atoms with Crippen LogP contribution in [0.2, 0.25) is 0 Å². The van der Waals surface area contributed by atoms with Gasteiger partial charge in [-0.2, -0.15) is 0 Å². The minimum absolute atomic E-state index is 0.790. The van der Waals surface area contributed by atoms with Crippen LogP contribution in [0.3, 0.4) is 0 Å². The Hall–Kier alpha value is -1.15. The standard InChI is InChI=1S/C10H9NS/c11-10-6-8(12)5-7-3-1-2-4-9(7)10/h1-6,12H,11H2. The maximum atomic E-state index is 5.81. The smallest absolute Gasteiger partial charge is 0.0404 e. The molecule has 0 saturated carbocycles. The van der Waals surface area contributed by atoms with Gasteiger partial charge in [0.05, 0.1) is 0 Å². The van der Waals surface area contributed by atoms with Gasteiger partial charge in [0.15, 0.2) is 0 Å². The summed E-state index contributed by atoms with van der Waals surface area (Å²) in [6, 6.07) is 11.9. The summed E-state index contributed by atoms with van der Waals surface area (Å²) < 4.78 is 0. The van der Waals surface area contributed by atoms with Crippen molar-refractivity contribution in [2.45, 2.75) is 4.90 Å². The Morgan fingerprint density at radius 2 is 1.83 bits per heavy atom. The number of benzene rings is 2. The molecule has 0 bridgehead atoms. The Balaban J connectivity index is 2.89. The van der Waals surface area contributed by atoms with E-state index in [-0.39, 0.29) is 0 Å². The number of hydrogen-bond donors (Lipinski definition) is 2. The van der Waals surface area contributed by atoms with Crippen molar-refractivity contribution in [2.24, 2.45) is 0 Å². The molecule has 0 aliphatic heterocycles. The van der Waals surface area contributed by atoms with Crippen LogP contribution in [-0.2, 0) is 0 Å². The van der Waals surface area contributed by atoms with E-state index < -0.39 is 0 Å². The van der Waals surface area contributed by atoms with Gasteiger partial charge in [0.25, 0.3) is 0 Å². The Bertz CT molecular complexity index is 423. The van der Waals surface area contributed by atoms with Crippen molar-refractivity contribution >= 4 is 29.1 Å². The van der Waals surface area contributed by atoms with Gasteiger partial charge in [-0.3, -0.25) is 0 Å². The van der Waals surface area contributed by atoms with Gasteiger partial charge in [-0.1, -0.05) is 24.3 Å². The molecule has 0 radical (unpaired) electrons. The van der Waals surface area contributed by atoms with Crippen LogP contribution in [0.15, 0.2) is 41.3 Å². The van der Waals surface area contributed by atoms with Gasteiger partial charge in [-0.25, -0.2) is 0 Å². The van der Waals surface area contributed by atoms with Crippen LogP contribution in [0.1, 0.15) is 0 Å². The van der Waals surface area contributed by atoms with E-state index >= 15 is 0 Å². The molecule has 2 heteroatoms. The minimum Gasteiger partial charge on any atom is -0.398 e. The Morgan fingerprint density at radius 1 is 1.08 bits per heavy atom. The van der Waals surface area contributed by atoms with E-state index in [0.717, 1.165) is 21.4 Å². The topological polar surface area (TPSA) is 26.0 Å². The van der Waals surface area contributed by atoms with Crippen LogP contribution in [-0.4, -0.2) is 0 Å². The van der Waals surface area contributed by atoms with Crippen LogP contribution in [0.25, 0.3) is 10.8 Å². The fourth-order valence-corrected chi connectivity index (χ4v) is 1.60. The van der Waals surface area contributed by atoms with Gasteiger partial charge in [-0.15, -0.1) is 12.6 Å². The van der Waals surface area contributed by atoms with E-state index in [2.05, 4.69) is 12.6 Å².